The van der Waals surface area contributed by atoms with E-state index < -0.39 is 10.2 Å². The molecule has 0 heterocycles. The molecule has 0 saturated carbocycles. The first kappa shape index (κ1) is 20.4. The first-order valence-electron chi connectivity index (χ1n) is 5.44. The van der Waals surface area contributed by atoms with E-state index in [9.17, 15) is 8.42 Å². The van der Waals surface area contributed by atoms with E-state index in [1.54, 1.807) is 7.11 Å². The molecule has 0 saturated heterocycles. The molecule has 0 amide bonds. The van der Waals surface area contributed by atoms with Crippen LogP contribution in [0.1, 0.15) is 0 Å². The van der Waals surface area contributed by atoms with E-state index in [1.807, 2.05) is 0 Å². The number of nitrogens with zero attached hydrogens (tertiary/aromatic N) is 1. The lowest BCUT2D eigenvalue weighted by molar-refractivity contribution is 0.184. The average molecular weight is 306 g/mol. The predicted molar refractivity (Wildman–Crippen MR) is 73.4 cm³/mol. The van der Waals surface area contributed by atoms with E-state index in [-0.39, 0.29) is 12.4 Å². The number of hydrogen-bond acceptors (Lipinski definition) is 5. The Morgan fingerprint density at radius 1 is 1.06 bits per heavy atom. The molecule has 0 aromatic heterocycles. The third-order valence-corrected chi connectivity index (χ3v) is 3.66. The monoisotopic (exact) mass is 305 g/mol. The van der Waals surface area contributed by atoms with Gasteiger partial charge in [-0.2, -0.15) is 12.7 Å². The van der Waals surface area contributed by atoms with Crippen molar-refractivity contribution in [1.29, 1.82) is 0 Å². The van der Waals surface area contributed by atoms with Gasteiger partial charge in [-0.3, -0.25) is 0 Å². The van der Waals surface area contributed by atoms with Gasteiger partial charge < -0.3 is 14.8 Å². The van der Waals surface area contributed by atoms with Crippen molar-refractivity contribution in [3.05, 3.63) is 0 Å². The van der Waals surface area contributed by atoms with Crippen LogP contribution in [0.2, 0.25) is 0 Å². The molecule has 9 heteroatoms. The lowest BCUT2D eigenvalue weighted by atomic mass is 10.6. The highest BCUT2D eigenvalue weighted by molar-refractivity contribution is 7.87. The van der Waals surface area contributed by atoms with Gasteiger partial charge in [-0.15, -0.1) is 12.4 Å². The van der Waals surface area contributed by atoms with Crippen LogP contribution in [0.4, 0.5) is 0 Å². The van der Waals surface area contributed by atoms with Gasteiger partial charge in [0, 0.05) is 47.4 Å². The van der Waals surface area contributed by atoms with Crippen LogP contribution in [0.15, 0.2) is 0 Å². The first-order chi connectivity index (χ1) is 8.04. The van der Waals surface area contributed by atoms with Gasteiger partial charge in [0.15, 0.2) is 0 Å². The van der Waals surface area contributed by atoms with Crippen molar-refractivity contribution in [2.45, 2.75) is 0 Å². The maximum Gasteiger partial charge on any atom is 0.279 e. The number of likely N-dealkylation sites (N-methyl/N-ethyl adjacent to an activating group) is 1. The molecule has 18 heavy (non-hydrogen) atoms. The second-order valence-corrected chi connectivity index (χ2v) is 5.32. The lowest BCUT2D eigenvalue weighted by Gasteiger charge is -2.17. The Hall–Kier alpha value is 0.0400. The topological polar surface area (TPSA) is 79.9 Å². The molecule has 112 valence electrons. The molecule has 0 unspecified atom stereocenters. The highest BCUT2D eigenvalue weighted by Crippen LogP contribution is 1.92. The molecule has 0 aromatic rings. The van der Waals surface area contributed by atoms with Gasteiger partial charge in [-0.1, -0.05) is 0 Å². The maximum atomic E-state index is 11.6. The summed E-state index contributed by atoms with van der Waals surface area (Å²) in [5, 5.41) is 3.05. The zero-order valence-electron chi connectivity index (χ0n) is 11.1. The normalized spacial score (nSPS) is 11.6. The smallest absolute Gasteiger partial charge is 0.279 e. The van der Waals surface area contributed by atoms with Crippen LogP contribution in [0, 0.1) is 0 Å². The number of methoxy groups -OCH3 is 2. The van der Waals surface area contributed by atoms with Crippen molar-refractivity contribution in [3.63, 3.8) is 0 Å². The van der Waals surface area contributed by atoms with Gasteiger partial charge >= 0.3 is 0 Å². The molecular formula is C9H24ClN3O4S. The molecule has 0 fully saturated rings. The summed E-state index contributed by atoms with van der Waals surface area (Å²) in [5.74, 6) is 0. The third kappa shape index (κ3) is 10.0. The zero-order valence-corrected chi connectivity index (χ0v) is 12.8. The van der Waals surface area contributed by atoms with Gasteiger partial charge in [0.2, 0.25) is 0 Å². The van der Waals surface area contributed by atoms with Crippen molar-refractivity contribution in [2.24, 2.45) is 0 Å². The zero-order chi connectivity index (χ0) is 13.1. The summed E-state index contributed by atoms with van der Waals surface area (Å²) in [6.07, 6.45) is 0. The Labute approximate surface area is 116 Å². The van der Waals surface area contributed by atoms with Gasteiger partial charge in [-0.05, 0) is 0 Å². The van der Waals surface area contributed by atoms with Crippen LogP contribution in [-0.2, 0) is 19.7 Å². The Morgan fingerprint density at radius 2 is 1.67 bits per heavy atom. The quantitative estimate of drug-likeness (QED) is 0.482. The molecule has 2 N–H and O–H groups in total. The van der Waals surface area contributed by atoms with Crippen LogP contribution in [0.5, 0.6) is 0 Å². The van der Waals surface area contributed by atoms with Gasteiger partial charge in [0.05, 0.1) is 13.2 Å². The number of ether oxygens (including phenoxy) is 2. The molecule has 0 aliphatic heterocycles. The fraction of sp³-hybridized carbons (Fsp3) is 1.00. The summed E-state index contributed by atoms with van der Waals surface area (Å²) in [7, 11) is 1.28. The molecular weight excluding hydrogens is 282 g/mol. The van der Waals surface area contributed by atoms with Crippen molar-refractivity contribution >= 4 is 22.6 Å². The molecule has 0 rings (SSSR count). The minimum Gasteiger partial charge on any atom is -0.383 e. The maximum absolute atomic E-state index is 11.6. The summed E-state index contributed by atoms with van der Waals surface area (Å²) in [6, 6.07) is 0. The van der Waals surface area contributed by atoms with Crippen LogP contribution >= 0.6 is 12.4 Å². The second-order valence-electron chi connectivity index (χ2n) is 3.46. The fourth-order valence-corrected chi connectivity index (χ4v) is 1.91. The Morgan fingerprint density at radius 3 is 2.22 bits per heavy atom. The van der Waals surface area contributed by atoms with E-state index >= 15 is 0 Å². The Kier molecular flexibility index (Phi) is 13.7. The number of rotatable bonds is 11. The number of nitrogens with one attached hydrogen (secondary N) is 2. The van der Waals surface area contributed by atoms with E-state index in [0.717, 1.165) is 0 Å². The first-order valence-corrected chi connectivity index (χ1v) is 6.88. The largest absolute Gasteiger partial charge is 0.383 e. The third-order valence-electron chi connectivity index (χ3n) is 2.09. The van der Waals surface area contributed by atoms with Crippen molar-refractivity contribution < 1.29 is 17.9 Å². The van der Waals surface area contributed by atoms with Crippen LogP contribution in [0.25, 0.3) is 0 Å². The average Bonchev–Trinajstić information content (AvgIpc) is 2.30. The van der Waals surface area contributed by atoms with Crippen molar-refractivity contribution in [3.8, 4) is 0 Å². The lowest BCUT2D eigenvalue weighted by Crippen LogP contribution is -2.42. The molecule has 0 spiro atoms. The SMILES string of the molecule is COCCNCCNS(=O)(=O)N(C)CCOC.Cl. The highest BCUT2D eigenvalue weighted by Gasteiger charge is 2.15. The number of halogens is 1. The van der Waals surface area contributed by atoms with Crippen LogP contribution in [0.3, 0.4) is 0 Å². The molecule has 0 atom stereocenters. The van der Waals surface area contributed by atoms with Gasteiger partial charge in [-0.25, -0.2) is 4.72 Å². The van der Waals surface area contributed by atoms with E-state index in [4.69, 9.17) is 9.47 Å². The number of hydrogen-bond donors (Lipinski definition) is 2. The molecule has 0 radical (unpaired) electrons. The summed E-state index contributed by atoms with van der Waals surface area (Å²) in [6.45, 7) is 2.95. The van der Waals surface area contributed by atoms with E-state index in [2.05, 4.69) is 10.0 Å². The Bertz CT molecular complexity index is 277. The molecule has 0 aromatic carbocycles. The second kappa shape index (κ2) is 12.1. The fourth-order valence-electron chi connectivity index (χ4n) is 1.02. The Balaban J connectivity index is 0. The molecule has 0 aliphatic carbocycles. The standard InChI is InChI=1S/C9H23N3O4S.ClH/c1-12(7-9-16-3)17(13,14)11-5-4-10-6-8-15-2;/h10-11H,4-9H2,1-3H3;1H. The highest BCUT2D eigenvalue weighted by atomic mass is 35.5. The van der Waals surface area contributed by atoms with E-state index in [0.29, 0.717) is 39.4 Å². The van der Waals surface area contributed by atoms with Gasteiger partial charge in [0.1, 0.15) is 0 Å². The van der Waals surface area contributed by atoms with E-state index in [1.165, 1.54) is 18.5 Å². The summed E-state index contributed by atoms with van der Waals surface area (Å²) in [5.41, 5.74) is 0. The van der Waals surface area contributed by atoms with Gasteiger partial charge in [0.25, 0.3) is 10.2 Å². The molecule has 0 aliphatic rings. The summed E-state index contributed by atoms with van der Waals surface area (Å²) >= 11 is 0. The van der Waals surface area contributed by atoms with Crippen molar-refractivity contribution in [2.75, 3.05) is 60.7 Å². The van der Waals surface area contributed by atoms with Crippen LogP contribution < -0.4 is 10.0 Å². The molecule has 7 nitrogen and oxygen atoms in total. The summed E-state index contributed by atoms with van der Waals surface area (Å²) in [4.78, 5) is 0. The minimum absolute atomic E-state index is 0. The van der Waals surface area contributed by atoms with Crippen LogP contribution in [-0.4, -0.2) is 73.4 Å². The minimum atomic E-state index is -3.39. The predicted octanol–water partition coefficient (Wildman–Crippen LogP) is -0.943. The summed E-state index contributed by atoms with van der Waals surface area (Å²) < 4.78 is 36.6. The van der Waals surface area contributed by atoms with Crippen molar-refractivity contribution in [1.82, 2.24) is 14.3 Å². The molecule has 0 bridgehead atoms.